The van der Waals surface area contributed by atoms with Gasteiger partial charge in [0, 0.05) is 11.6 Å². The topological polar surface area (TPSA) is 41.6 Å². The van der Waals surface area contributed by atoms with Gasteiger partial charge in [-0.3, -0.25) is 4.79 Å². The van der Waals surface area contributed by atoms with Crippen LogP contribution in [0.25, 0.3) is 0 Å². The molecule has 4 nitrogen and oxygen atoms in total. The van der Waals surface area contributed by atoms with Crippen LogP contribution in [0.1, 0.15) is 24.8 Å². The number of carbonyl (C=O) groups excluding carboxylic acids is 1. The fraction of sp³-hybridized carbons (Fsp3) is 0.562. The fourth-order valence-electron chi connectivity index (χ4n) is 3.35. The highest BCUT2D eigenvalue weighted by Gasteiger charge is 2.43. The summed E-state index contributed by atoms with van der Waals surface area (Å²) in [6.45, 7) is 3.39. The van der Waals surface area contributed by atoms with Crippen LogP contribution in [0.4, 0.5) is 0 Å². The summed E-state index contributed by atoms with van der Waals surface area (Å²) >= 11 is 6.06. The summed E-state index contributed by atoms with van der Waals surface area (Å²) in [6, 6.07) is 7.76. The third-order valence-corrected chi connectivity index (χ3v) is 4.70. The van der Waals surface area contributed by atoms with Crippen LogP contribution in [0, 0.1) is 0 Å². The third-order valence-electron chi connectivity index (χ3n) is 4.46. The second-order valence-electron chi connectivity index (χ2n) is 5.93. The summed E-state index contributed by atoms with van der Waals surface area (Å²) in [4.78, 5) is 14.4. The molecule has 1 amide bonds. The number of nitrogens with one attached hydrogen (secondary N) is 1. The SMILES string of the molecule is O=C1COCC2(CCCNCC2)N1Cc1cccc(Cl)c1. The molecule has 2 aliphatic heterocycles. The standard InChI is InChI=1S/C16H21ClN2O2/c17-14-4-1-3-13(9-14)10-19-15(20)11-21-12-16(19)5-2-7-18-8-6-16/h1,3-4,9,18H,2,5-8,10-12H2. The van der Waals surface area contributed by atoms with Gasteiger partial charge in [0.1, 0.15) is 6.61 Å². The Morgan fingerprint density at radius 1 is 1.33 bits per heavy atom. The van der Waals surface area contributed by atoms with Crippen molar-refractivity contribution < 1.29 is 9.53 Å². The largest absolute Gasteiger partial charge is 0.369 e. The molecule has 0 radical (unpaired) electrons. The predicted octanol–water partition coefficient (Wildman–Crippen LogP) is 2.21. The highest BCUT2D eigenvalue weighted by Crippen LogP contribution is 2.32. The lowest BCUT2D eigenvalue weighted by atomic mass is 9.87. The van der Waals surface area contributed by atoms with Gasteiger partial charge < -0.3 is 15.0 Å². The van der Waals surface area contributed by atoms with Crippen LogP contribution in [-0.4, -0.2) is 42.6 Å². The molecule has 2 fully saturated rings. The Hall–Kier alpha value is -1.10. The second-order valence-corrected chi connectivity index (χ2v) is 6.37. The molecule has 1 unspecified atom stereocenters. The zero-order valence-corrected chi connectivity index (χ0v) is 12.9. The van der Waals surface area contributed by atoms with Crippen molar-refractivity contribution in [1.29, 1.82) is 0 Å². The Labute approximate surface area is 130 Å². The molecule has 1 N–H and O–H groups in total. The molecule has 2 heterocycles. The lowest BCUT2D eigenvalue weighted by Gasteiger charge is -2.46. The van der Waals surface area contributed by atoms with Crippen molar-refractivity contribution in [2.75, 3.05) is 26.3 Å². The minimum atomic E-state index is -0.166. The van der Waals surface area contributed by atoms with E-state index in [0.29, 0.717) is 18.2 Å². The number of hydrogen-bond acceptors (Lipinski definition) is 3. The molecule has 1 spiro atoms. The van der Waals surface area contributed by atoms with Crippen LogP contribution < -0.4 is 5.32 Å². The summed E-state index contributed by atoms with van der Waals surface area (Å²) in [6.07, 6.45) is 3.01. The van der Waals surface area contributed by atoms with E-state index < -0.39 is 0 Å². The summed E-state index contributed by atoms with van der Waals surface area (Å²) < 4.78 is 5.58. The van der Waals surface area contributed by atoms with E-state index in [1.165, 1.54) is 0 Å². The van der Waals surface area contributed by atoms with Gasteiger partial charge in [-0.25, -0.2) is 0 Å². The van der Waals surface area contributed by atoms with Gasteiger partial charge in [0.15, 0.2) is 0 Å². The number of rotatable bonds is 2. The van der Waals surface area contributed by atoms with E-state index in [0.717, 1.165) is 37.9 Å². The lowest BCUT2D eigenvalue weighted by molar-refractivity contribution is -0.160. The zero-order valence-electron chi connectivity index (χ0n) is 12.1. The molecule has 5 heteroatoms. The van der Waals surface area contributed by atoms with Gasteiger partial charge in [-0.2, -0.15) is 0 Å². The first-order chi connectivity index (χ1) is 10.2. The van der Waals surface area contributed by atoms with E-state index in [1.807, 2.05) is 29.2 Å². The number of ether oxygens (including phenoxy) is 1. The van der Waals surface area contributed by atoms with Crippen LogP contribution >= 0.6 is 11.6 Å². The quantitative estimate of drug-likeness (QED) is 0.911. The highest BCUT2D eigenvalue weighted by atomic mass is 35.5. The average molecular weight is 309 g/mol. The molecule has 1 aromatic rings. The summed E-state index contributed by atoms with van der Waals surface area (Å²) in [5.41, 5.74) is 0.913. The molecule has 21 heavy (non-hydrogen) atoms. The monoisotopic (exact) mass is 308 g/mol. The molecule has 2 saturated heterocycles. The van der Waals surface area contributed by atoms with Gasteiger partial charge in [-0.15, -0.1) is 0 Å². The molecule has 2 aliphatic rings. The van der Waals surface area contributed by atoms with E-state index in [4.69, 9.17) is 16.3 Å². The van der Waals surface area contributed by atoms with Gasteiger partial charge in [0.2, 0.25) is 5.91 Å². The van der Waals surface area contributed by atoms with E-state index in [-0.39, 0.29) is 18.1 Å². The van der Waals surface area contributed by atoms with E-state index in [1.54, 1.807) is 0 Å². The Balaban J connectivity index is 1.85. The summed E-state index contributed by atoms with van der Waals surface area (Å²) in [5.74, 6) is 0.0862. The molecule has 0 bridgehead atoms. The van der Waals surface area contributed by atoms with Crippen molar-refractivity contribution in [3.05, 3.63) is 34.9 Å². The first kappa shape index (κ1) is 14.8. The summed E-state index contributed by atoms with van der Waals surface area (Å²) in [7, 11) is 0. The molecule has 114 valence electrons. The summed E-state index contributed by atoms with van der Waals surface area (Å²) in [5, 5.41) is 4.13. The van der Waals surface area contributed by atoms with Crippen molar-refractivity contribution in [2.45, 2.75) is 31.3 Å². The smallest absolute Gasteiger partial charge is 0.249 e. The van der Waals surface area contributed by atoms with Crippen LogP contribution in [0.15, 0.2) is 24.3 Å². The average Bonchev–Trinajstić information content (AvgIpc) is 2.70. The molecular formula is C16H21ClN2O2. The van der Waals surface area contributed by atoms with Crippen molar-refractivity contribution in [2.24, 2.45) is 0 Å². The number of benzene rings is 1. The van der Waals surface area contributed by atoms with Crippen molar-refractivity contribution in [3.8, 4) is 0 Å². The van der Waals surface area contributed by atoms with E-state index in [2.05, 4.69) is 5.32 Å². The third kappa shape index (κ3) is 3.23. The maximum Gasteiger partial charge on any atom is 0.249 e. The Bertz CT molecular complexity index is 513. The van der Waals surface area contributed by atoms with E-state index >= 15 is 0 Å². The van der Waals surface area contributed by atoms with Crippen molar-refractivity contribution in [3.63, 3.8) is 0 Å². The normalized spacial score (nSPS) is 26.9. The molecule has 0 saturated carbocycles. The lowest BCUT2D eigenvalue weighted by Crippen LogP contribution is -2.59. The van der Waals surface area contributed by atoms with Crippen LogP contribution in [-0.2, 0) is 16.1 Å². The number of halogens is 1. The number of morpholine rings is 1. The van der Waals surface area contributed by atoms with Crippen molar-refractivity contribution >= 4 is 17.5 Å². The zero-order chi connectivity index (χ0) is 14.7. The highest BCUT2D eigenvalue weighted by molar-refractivity contribution is 6.30. The number of carbonyl (C=O) groups is 1. The minimum absolute atomic E-state index is 0.0862. The van der Waals surface area contributed by atoms with Crippen LogP contribution in [0.3, 0.4) is 0 Å². The van der Waals surface area contributed by atoms with E-state index in [9.17, 15) is 4.79 Å². The molecule has 3 rings (SSSR count). The second kappa shape index (κ2) is 6.34. The maximum absolute atomic E-state index is 12.4. The first-order valence-electron chi connectivity index (χ1n) is 7.53. The molecule has 0 aromatic heterocycles. The Kier molecular flexibility index (Phi) is 4.48. The van der Waals surface area contributed by atoms with Crippen molar-refractivity contribution in [1.82, 2.24) is 10.2 Å². The van der Waals surface area contributed by atoms with Gasteiger partial charge in [0.25, 0.3) is 0 Å². The fourth-order valence-corrected chi connectivity index (χ4v) is 3.56. The van der Waals surface area contributed by atoms with Crippen LogP contribution in [0.5, 0.6) is 0 Å². The molecule has 1 aromatic carbocycles. The van der Waals surface area contributed by atoms with Gasteiger partial charge >= 0.3 is 0 Å². The Morgan fingerprint density at radius 3 is 3.10 bits per heavy atom. The predicted molar refractivity (Wildman–Crippen MR) is 82.3 cm³/mol. The minimum Gasteiger partial charge on any atom is -0.369 e. The number of nitrogens with zero attached hydrogens (tertiary/aromatic N) is 1. The number of hydrogen-bond donors (Lipinski definition) is 1. The van der Waals surface area contributed by atoms with Gasteiger partial charge in [0.05, 0.1) is 12.1 Å². The van der Waals surface area contributed by atoms with Crippen LogP contribution in [0.2, 0.25) is 5.02 Å². The molecule has 1 atom stereocenters. The Morgan fingerprint density at radius 2 is 2.24 bits per heavy atom. The number of amides is 1. The van der Waals surface area contributed by atoms with Gasteiger partial charge in [-0.05, 0) is 50.0 Å². The maximum atomic E-state index is 12.4. The van der Waals surface area contributed by atoms with Gasteiger partial charge in [-0.1, -0.05) is 23.7 Å². The molecule has 0 aliphatic carbocycles. The molecular weight excluding hydrogens is 288 g/mol. The first-order valence-corrected chi connectivity index (χ1v) is 7.91.